The Balaban J connectivity index is 1.77. The molecule has 1 aliphatic heterocycles. The Kier molecular flexibility index (Phi) is 5.13. The van der Waals surface area contributed by atoms with Crippen LogP contribution in [0.4, 0.5) is 0 Å². The third kappa shape index (κ3) is 3.43. The van der Waals surface area contributed by atoms with E-state index in [0.29, 0.717) is 36.8 Å². The number of aliphatic hydroxyl groups excluding tert-OH is 1. The average molecular weight is 350 g/mol. The lowest BCUT2D eigenvalue weighted by molar-refractivity contribution is 0.0921. The van der Waals surface area contributed by atoms with Gasteiger partial charge in [-0.25, -0.2) is 4.68 Å². The molecular weight excluding hydrogens is 330 g/mol. The van der Waals surface area contributed by atoms with Gasteiger partial charge in [-0.3, -0.25) is 4.79 Å². The molecule has 0 saturated carbocycles. The Morgan fingerprint density at radius 3 is 3.00 bits per heavy atom. The van der Waals surface area contributed by atoms with Gasteiger partial charge in [-0.05, 0) is 24.6 Å². The fourth-order valence-electron chi connectivity index (χ4n) is 2.85. The van der Waals surface area contributed by atoms with E-state index in [-0.39, 0.29) is 11.8 Å². The summed E-state index contributed by atoms with van der Waals surface area (Å²) in [7, 11) is 0. The topological polar surface area (TPSA) is 92.1 Å². The standard InChI is InChI=1S/C16H20ClN5O2/c1-2-13-15(16(24)19-8-10-7-18-9-14(10)23)20-21-22(13)12-5-3-4-11(17)6-12/h3-6,10,14,18,23H,2,7-9H2,1H3,(H,19,24). The molecule has 128 valence electrons. The van der Waals surface area contributed by atoms with E-state index in [1.54, 1.807) is 16.8 Å². The lowest BCUT2D eigenvalue weighted by atomic mass is 10.1. The Morgan fingerprint density at radius 2 is 2.33 bits per heavy atom. The van der Waals surface area contributed by atoms with Crippen molar-refractivity contribution in [2.24, 2.45) is 5.92 Å². The predicted octanol–water partition coefficient (Wildman–Crippen LogP) is 0.793. The van der Waals surface area contributed by atoms with E-state index in [9.17, 15) is 9.90 Å². The first-order valence-corrected chi connectivity index (χ1v) is 8.35. The molecule has 2 atom stereocenters. The molecule has 3 N–H and O–H groups in total. The summed E-state index contributed by atoms with van der Waals surface area (Å²) in [6.07, 6.45) is 0.175. The van der Waals surface area contributed by atoms with Crippen LogP contribution < -0.4 is 10.6 Å². The zero-order valence-corrected chi connectivity index (χ0v) is 14.1. The van der Waals surface area contributed by atoms with Gasteiger partial charge in [0, 0.05) is 30.6 Å². The Morgan fingerprint density at radius 1 is 1.50 bits per heavy atom. The van der Waals surface area contributed by atoms with Crippen molar-refractivity contribution in [3.63, 3.8) is 0 Å². The molecule has 8 heteroatoms. The minimum atomic E-state index is -0.432. The highest BCUT2D eigenvalue weighted by atomic mass is 35.5. The summed E-state index contributed by atoms with van der Waals surface area (Å²) in [4.78, 5) is 12.4. The first-order valence-electron chi connectivity index (χ1n) is 7.97. The highest BCUT2D eigenvalue weighted by Gasteiger charge is 2.26. The number of aromatic nitrogens is 3. The van der Waals surface area contributed by atoms with Crippen LogP contribution in [0.1, 0.15) is 23.1 Å². The van der Waals surface area contributed by atoms with E-state index < -0.39 is 6.10 Å². The lowest BCUT2D eigenvalue weighted by Crippen LogP contribution is -2.35. The first kappa shape index (κ1) is 16.9. The van der Waals surface area contributed by atoms with Crippen LogP contribution in [-0.4, -0.2) is 51.7 Å². The van der Waals surface area contributed by atoms with Gasteiger partial charge in [-0.15, -0.1) is 5.10 Å². The summed E-state index contributed by atoms with van der Waals surface area (Å²) in [5.74, 6) is -0.263. The van der Waals surface area contributed by atoms with Gasteiger partial charge in [0.25, 0.3) is 5.91 Å². The van der Waals surface area contributed by atoms with Crippen molar-refractivity contribution in [1.29, 1.82) is 0 Å². The Bertz CT molecular complexity index is 733. The summed E-state index contributed by atoms with van der Waals surface area (Å²) in [5, 5.41) is 24.5. The van der Waals surface area contributed by atoms with Crippen LogP contribution in [0, 0.1) is 5.92 Å². The number of β-amino-alcohol motifs (C(OH)–C–C–N with tert-alkyl or cyclic N) is 1. The smallest absolute Gasteiger partial charge is 0.273 e. The van der Waals surface area contributed by atoms with E-state index in [1.165, 1.54) is 0 Å². The molecule has 0 bridgehead atoms. The SMILES string of the molecule is CCc1c(C(=O)NCC2CNCC2O)nnn1-c1cccc(Cl)c1. The first-order chi connectivity index (χ1) is 11.6. The van der Waals surface area contributed by atoms with Gasteiger partial charge in [0.1, 0.15) is 0 Å². The van der Waals surface area contributed by atoms with Crippen LogP contribution >= 0.6 is 11.6 Å². The number of carbonyl (C=O) groups excluding carboxylic acids is 1. The van der Waals surface area contributed by atoms with E-state index in [2.05, 4.69) is 20.9 Å². The highest BCUT2D eigenvalue weighted by Crippen LogP contribution is 2.18. The molecule has 1 aromatic heterocycles. The maximum absolute atomic E-state index is 12.4. The summed E-state index contributed by atoms with van der Waals surface area (Å²) >= 11 is 6.03. The van der Waals surface area contributed by atoms with E-state index in [0.717, 1.165) is 11.4 Å². The fourth-order valence-corrected chi connectivity index (χ4v) is 3.03. The highest BCUT2D eigenvalue weighted by molar-refractivity contribution is 6.30. The zero-order valence-electron chi connectivity index (χ0n) is 13.4. The van der Waals surface area contributed by atoms with E-state index >= 15 is 0 Å². The third-order valence-electron chi connectivity index (χ3n) is 4.19. The van der Waals surface area contributed by atoms with Crippen LogP contribution in [0.15, 0.2) is 24.3 Å². The van der Waals surface area contributed by atoms with Crippen LogP contribution in [-0.2, 0) is 6.42 Å². The van der Waals surface area contributed by atoms with Crippen molar-refractivity contribution < 1.29 is 9.90 Å². The number of hydrogen-bond acceptors (Lipinski definition) is 5. The molecule has 0 spiro atoms. The van der Waals surface area contributed by atoms with Gasteiger partial charge in [0.15, 0.2) is 5.69 Å². The van der Waals surface area contributed by atoms with Crippen molar-refractivity contribution in [2.45, 2.75) is 19.4 Å². The lowest BCUT2D eigenvalue weighted by Gasteiger charge is -2.13. The van der Waals surface area contributed by atoms with Crippen molar-refractivity contribution in [2.75, 3.05) is 19.6 Å². The molecule has 2 heterocycles. The maximum Gasteiger partial charge on any atom is 0.273 e. The molecule has 7 nitrogen and oxygen atoms in total. The van der Waals surface area contributed by atoms with Crippen molar-refractivity contribution in [3.8, 4) is 5.69 Å². The van der Waals surface area contributed by atoms with Crippen LogP contribution in [0.3, 0.4) is 0 Å². The molecule has 1 aromatic carbocycles. The van der Waals surface area contributed by atoms with Gasteiger partial charge in [-0.2, -0.15) is 0 Å². The number of rotatable bonds is 5. The second-order valence-electron chi connectivity index (χ2n) is 5.83. The molecule has 0 radical (unpaired) electrons. The number of carbonyl (C=O) groups is 1. The number of benzene rings is 1. The number of hydrogen-bond donors (Lipinski definition) is 3. The maximum atomic E-state index is 12.4. The van der Waals surface area contributed by atoms with Crippen LogP contribution in [0.2, 0.25) is 5.02 Å². The quantitative estimate of drug-likeness (QED) is 0.742. The molecule has 1 amide bonds. The fraction of sp³-hybridized carbons (Fsp3) is 0.438. The molecule has 1 aliphatic rings. The zero-order chi connectivity index (χ0) is 17.1. The molecule has 0 aliphatic carbocycles. The molecule has 2 aromatic rings. The summed E-state index contributed by atoms with van der Waals surface area (Å²) < 4.78 is 1.63. The second-order valence-corrected chi connectivity index (χ2v) is 6.26. The minimum absolute atomic E-state index is 0.0157. The summed E-state index contributed by atoms with van der Waals surface area (Å²) in [6.45, 7) is 3.60. The summed E-state index contributed by atoms with van der Waals surface area (Å²) in [5.41, 5.74) is 1.79. The Labute approximate surface area is 145 Å². The van der Waals surface area contributed by atoms with Gasteiger partial charge >= 0.3 is 0 Å². The van der Waals surface area contributed by atoms with Gasteiger partial charge < -0.3 is 15.7 Å². The van der Waals surface area contributed by atoms with E-state index in [1.807, 2.05) is 19.1 Å². The third-order valence-corrected chi connectivity index (χ3v) is 4.43. The number of halogens is 1. The minimum Gasteiger partial charge on any atom is -0.391 e. The predicted molar refractivity (Wildman–Crippen MR) is 90.4 cm³/mol. The average Bonchev–Trinajstić information content (AvgIpc) is 3.18. The number of aliphatic hydroxyl groups is 1. The van der Waals surface area contributed by atoms with Gasteiger partial charge in [-0.1, -0.05) is 29.8 Å². The molecule has 2 unspecified atom stereocenters. The number of amides is 1. The van der Waals surface area contributed by atoms with Gasteiger partial charge in [0.2, 0.25) is 0 Å². The van der Waals surface area contributed by atoms with E-state index in [4.69, 9.17) is 11.6 Å². The van der Waals surface area contributed by atoms with Crippen molar-refractivity contribution in [3.05, 3.63) is 40.7 Å². The molecule has 3 rings (SSSR count). The monoisotopic (exact) mass is 349 g/mol. The Hall–Kier alpha value is -1.96. The second kappa shape index (κ2) is 7.29. The molecule has 1 fully saturated rings. The number of nitrogens with one attached hydrogen (secondary N) is 2. The summed E-state index contributed by atoms with van der Waals surface area (Å²) in [6, 6.07) is 7.24. The molecule has 24 heavy (non-hydrogen) atoms. The molecular formula is C16H20ClN5O2. The van der Waals surface area contributed by atoms with Crippen LogP contribution in [0.25, 0.3) is 5.69 Å². The normalized spacial score (nSPS) is 20.3. The van der Waals surface area contributed by atoms with Crippen molar-refractivity contribution in [1.82, 2.24) is 25.6 Å². The van der Waals surface area contributed by atoms with Crippen molar-refractivity contribution >= 4 is 17.5 Å². The van der Waals surface area contributed by atoms with Gasteiger partial charge in [0.05, 0.1) is 17.5 Å². The molecule has 1 saturated heterocycles. The number of nitrogens with zero attached hydrogens (tertiary/aromatic N) is 3. The van der Waals surface area contributed by atoms with Crippen LogP contribution in [0.5, 0.6) is 0 Å². The largest absolute Gasteiger partial charge is 0.391 e.